The molecule has 1 aliphatic heterocycles. The molecule has 11 heteroatoms. The number of ether oxygens (including phenoxy) is 1. The Labute approximate surface area is 153 Å². The number of benzene rings is 1. The maximum atomic E-state index is 13.9. The number of sulfonamides is 1. The van der Waals surface area contributed by atoms with E-state index in [1.54, 1.807) is 0 Å². The van der Waals surface area contributed by atoms with Gasteiger partial charge in [0.25, 0.3) is 0 Å². The lowest BCUT2D eigenvalue weighted by molar-refractivity contribution is 0.122. The predicted octanol–water partition coefficient (Wildman–Crippen LogP) is 0.698. The number of hydrogen-bond donors (Lipinski definition) is 2. The number of nitrogens with one attached hydrogen (secondary N) is 2. The van der Waals surface area contributed by atoms with Gasteiger partial charge in [0.05, 0.1) is 17.0 Å². The molecule has 0 spiro atoms. The van der Waals surface area contributed by atoms with Crippen molar-refractivity contribution in [1.82, 2.24) is 10.0 Å². The lowest BCUT2D eigenvalue weighted by Crippen LogP contribution is -2.52. The second-order valence-electron chi connectivity index (χ2n) is 5.93. The zero-order valence-corrected chi connectivity index (χ0v) is 16.4. The molecule has 0 aromatic heterocycles. The van der Waals surface area contributed by atoms with Gasteiger partial charge in [-0.1, -0.05) is 0 Å². The van der Waals surface area contributed by atoms with Crippen molar-refractivity contribution in [3.63, 3.8) is 0 Å². The van der Waals surface area contributed by atoms with Crippen molar-refractivity contribution in [2.45, 2.75) is 28.2 Å². The molecule has 1 aliphatic rings. The van der Waals surface area contributed by atoms with Gasteiger partial charge in [-0.05, 0) is 37.6 Å². The third kappa shape index (κ3) is 5.35. The fourth-order valence-electron chi connectivity index (χ4n) is 2.74. The molecule has 7 nitrogen and oxygen atoms in total. The van der Waals surface area contributed by atoms with Crippen molar-refractivity contribution in [2.75, 3.05) is 33.1 Å². The minimum atomic E-state index is -3.97. The van der Waals surface area contributed by atoms with E-state index in [4.69, 9.17) is 4.74 Å². The summed E-state index contributed by atoms with van der Waals surface area (Å²) in [4.78, 5) is -0.854. The van der Waals surface area contributed by atoms with E-state index in [2.05, 4.69) is 10.0 Å². The van der Waals surface area contributed by atoms with E-state index < -0.39 is 36.1 Å². The Hall–Kier alpha value is -0.780. The molecular weight excluding hydrogens is 395 g/mol. The van der Waals surface area contributed by atoms with Crippen LogP contribution in [0.5, 0.6) is 0 Å². The average molecular weight is 417 g/mol. The molecule has 2 rings (SSSR count). The first-order chi connectivity index (χ1) is 11.1. The molecule has 1 saturated heterocycles. The van der Waals surface area contributed by atoms with E-state index in [-0.39, 0.29) is 23.8 Å². The van der Waals surface area contributed by atoms with Gasteiger partial charge in [-0.2, -0.15) is 0 Å². The lowest BCUT2D eigenvalue weighted by atomic mass is 9.99. The second kappa shape index (κ2) is 8.28. The molecular formula is C14H22ClFN2O5S2. The van der Waals surface area contributed by atoms with Gasteiger partial charge in [-0.25, -0.2) is 25.9 Å². The summed E-state index contributed by atoms with van der Waals surface area (Å²) in [5.74, 6) is -1.09. The fourth-order valence-corrected chi connectivity index (χ4v) is 4.60. The van der Waals surface area contributed by atoms with Gasteiger partial charge in [-0.15, -0.1) is 12.4 Å². The van der Waals surface area contributed by atoms with Gasteiger partial charge in [0.2, 0.25) is 10.0 Å². The molecule has 1 fully saturated rings. The van der Waals surface area contributed by atoms with E-state index in [9.17, 15) is 21.2 Å². The highest BCUT2D eigenvalue weighted by Crippen LogP contribution is 2.22. The Morgan fingerprint density at radius 1 is 1.32 bits per heavy atom. The van der Waals surface area contributed by atoms with Crippen molar-refractivity contribution in [3.05, 3.63) is 24.0 Å². The monoisotopic (exact) mass is 416 g/mol. The van der Waals surface area contributed by atoms with Crippen LogP contribution in [0.2, 0.25) is 0 Å². The molecule has 1 aromatic rings. The summed E-state index contributed by atoms with van der Waals surface area (Å²) < 4.78 is 69.0. The largest absolute Gasteiger partial charge is 0.383 e. The topological polar surface area (TPSA) is 102 Å². The number of rotatable bonds is 7. The van der Waals surface area contributed by atoms with E-state index in [1.165, 1.54) is 7.11 Å². The van der Waals surface area contributed by atoms with Crippen LogP contribution in [0.1, 0.15) is 12.8 Å². The van der Waals surface area contributed by atoms with Gasteiger partial charge in [0, 0.05) is 19.9 Å². The Morgan fingerprint density at radius 3 is 2.48 bits per heavy atom. The molecule has 1 unspecified atom stereocenters. The van der Waals surface area contributed by atoms with Crippen LogP contribution in [0, 0.1) is 5.82 Å². The first-order valence-electron chi connectivity index (χ1n) is 7.33. The van der Waals surface area contributed by atoms with Gasteiger partial charge >= 0.3 is 0 Å². The maximum absolute atomic E-state index is 13.9. The highest BCUT2D eigenvalue weighted by molar-refractivity contribution is 7.90. The summed E-state index contributed by atoms with van der Waals surface area (Å²) in [7, 11) is -6.19. The molecule has 0 saturated carbocycles. The zero-order valence-electron chi connectivity index (χ0n) is 13.9. The third-order valence-electron chi connectivity index (χ3n) is 3.97. The summed E-state index contributed by atoms with van der Waals surface area (Å²) in [6, 6.07) is 2.74. The van der Waals surface area contributed by atoms with Crippen molar-refractivity contribution >= 4 is 32.3 Å². The van der Waals surface area contributed by atoms with Crippen LogP contribution in [0.25, 0.3) is 0 Å². The van der Waals surface area contributed by atoms with Crippen LogP contribution < -0.4 is 10.0 Å². The van der Waals surface area contributed by atoms with Crippen LogP contribution in [0.3, 0.4) is 0 Å². The molecule has 144 valence electrons. The number of methoxy groups -OCH3 is 1. The standard InChI is InChI=1S/C14H21FN2O5S2.ClH/c1-22-10-14(6-3-7-16-14)9-17-24(20,21)11-4-5-13(12(15)8-11)23(2,18)19;/h4-5,8,16-17H,3,6-7,9-10H2,1-2H3;1H. The third-order valence-corrected chi connectivity index (χ3v) is 6.50. The summed E-state index contributed by atoms with van der Waals surface area (Å²) >= 11 is 0. The smallest absolute Gasteiger partial charge is 0.240 e. The van der Waals surface area contributed by atoms with Crippen LogP contribution >= 0.6 is 12.4 Å². The molecule has 0 aliphatic carbocycles. The highest BCUT2D eigenvalue weighted by Gasteiger charge is 2.35. The summed E-state index contributed by atoms with van der Waals surface area (Å²) in [5.41, 5.74) is -0.493. The molecule has 1 heterocycles. The van der Waals surface area contributed by atoms with Gasteiger partial charge in [0.1, 0.15) is 10.7 Å². The quantitative estimate of drug-likeness (QED) is 0.678. The number of hydrogen-bond acceptors (Lipinski definition) is 6. The Morgan fingerprint density at radius 2 is 2.00 bits per heavy atom. The summed E-state index contributed by atoms with van der Waals surface area (Å²) in [5, 5.41) is 3.23. The molecule has 0 amide bonds. The van der Waals surface area contributed by atoms with Crippen LogP contribution in [0.4, 0.5) is 4.39 Å². The minimum Gasteiger partial charge on any atom is -0.383 e. The van der Waals surface area contributed by atoms with Crippen molar-refractivity contribution in [3.8, 4) is 0 Å². The fraction of sp³-hybridized carbons (Fsp3) is 0.571. The van der Waals surface area contributed by atoms with E-state index in [1.807, 2.05) is 0 Å². The van der Waals surface area contributed by atoms with Gasteiger partial charge < -0.3 is 10.1 Å². The number of sulfone groups is 1. The Balaban J connectivity index is 0.00000312. The molecule has 25 heavy (non-hydrogen) atoms. The number of halogens is 2. The lowest BCUT2D eigenvalue weighted by Gasteiger charge is -2.28. The zero-order chi connectivity index (χ0) is 18.0. The normalized spacial score (nSPS) is 21.1. The van der Waals surface area contributed by atoms with Crippen molar-refractivity contribution in [1.29, 1.82) is 0 Å². The first kappa shape index (κ1) is 22.3. The SMILES string of the molecule is COCC1(CNS(=O)(=O)c2ccc(S(C)(=O)=O)c(F)c2)CCCN1.Cl. The molecule has 0 radical (unpaired) electrons. The highest BCUT2D eigenvalue weighted by atomic mass is 35.5. The molecule has 1 atom stereocenters. The van der Waals surface area contributed by atoms with Crippen LogP contribution in [-0.2, 0) is 24.6 Å². The maximum Gasteiger partial charge on any atom is 0.240 e. The second-order valence-corrected chi connectivity index (χ2v) is 9.68. The predicted molar refractivity (Wildman–Crippen MR) is 93.8 cm³/mol. The Bertz CT molecular complexity index is 809. The Kier molecular flexibility index (Phi) is 7.37. The van der Waals surface area contributed by atoms with E-state index >= 15 is 0 Å². The molecule has 1 aromatic carbocycles. The van der Waals surface area contributed by atoms with Gasteiger partial charge in [-0.3, -0.25) is 0 Å². The summed E-state index contributed by atoms with van der Waals surface area (Å²) in [6.45, 7) is 1.21. The van der Waals surface area contributed by atoms with Crippen LogP contribution in [0.15, 0.2) is 28.0 Å². The minimum absolute atomic E-state index is 0. The molecule has 0 bridgehead atoms. The average Bonchev–Trinajstić information content (AvgIpc) is 2.93. The first-order valence-corrected chi connectivity index (χ1v) is 10.7. The van der Waals surface area contributed by atoms with Crippen LogP contribution in [-0.4, -0.2) is 55.4 Å². The van der Waals surface area contributed by atoms with E-state index in [0.29, 0.717) is 12.7 Å². The summed E-state index contributed by atoms with van der Waals surface area (Å²) in [6.07, 6.45) is 2.52. The van der Waals surface area contributed by atoms with E-state index in [0.717, 1.165) is 37.8 Å². The molecule has 2 N–H and O–H groups in total. The van der Waals surface area contributed by atoms with Gasteiger partial charge in [0.15, 0.2) is 9.84 Å². The van der Waals surface area contributed by atoms with Crippen molar-refractivity contribution in [2.24, 2.45) is 0 Å². The van der Waals surface area contributed by atoms with Crippen molar-refractivity contribution < 1.29 is 26.0 Å².